The Balaban J connectivity index is 2.08. The summed E-state index contributed by atoms with van der Waals surface area (Å²) >= 11 is 0. The summed E-state index contributed by atoms with van der Waals surface area (Å²) in [6, 6.07) is 13.9. The Morgan fingerprint density at radius 3 is 2.38 bits per heavy atom. The Hall–Kier alpha value is -3.46. The first-order chi connectivity index (χ1) is 11.5. The number of rotatable bonds is 5. The molecule has 0 atom stereocenters. The van der Waals surface area contributed by atoms with Crippen LogP contribution in [0.5, 0.6) is 0 Å². The van der Waals surface area contributed by atoms with Gasteiger partial charge in [0, 0.05) is 17.5 Å². The molecule has 0 aliphatic rings. The number of carbonyl (C=O) groups is 2. The Morgan fingerprint density at radius 1 is 1.12 bits per heavy atom. The number of halogens is 1. The average Bonchev–Trinajstić information content (AvgIpc) is 2.57. The van der Waals surface area contributed by atoms with Gasteiger partial charge in [0.05, 0.1) is 5.69 Å². The van der Waals surface area contributed by atoms with E-state index in [0.717, 1.165) is 6.20 Å². The van der Waals surface area contributed by atoms with Gasteiger partial charge in [0.2, 0.25) is 0 Å². The molecular formula is C18H14FN3O2. The quantitative estimate of drug-likeness (QED) is 0.501. The topological polar surface area (TPSA) is 82.0 Å². The van der Waals surface area contributed by atoms with Crippen molar-refractivity contribution in [1.82, 2.24) is 0 Å². The van der Waals surface area contributed by atoms with Crippen molar-refractivity contribution in [2.75, 3.05) is 10.6 Å². The predicted molar refractivity (Wildman–Crippen MR) is 88.8 cm³/mol. The van der Waals surface area contributed by atoms with E-state index in [2.05, 4.69) is 10.6 Å². The Labute approximate surface area is 138 Å². The molecule has 5 nitrogen and oxygen atoms in total. The highest BCUT2D eigenvalue weighted by molar-refractivity contribution is 6.07. The monoisotopic (exact) mass is 323 g/mol. The molecule has 24 heavy (non-hydrogen) atoms. The van der Waals surface area contributed by atoms with Crippen molar-refractivity contribution < 1.29 is 14.0 Å². The van der Waals surface area contributed by atoms with Crippen molar-refractivity contribution in [2.24, 2.45) is 0 Å². The number of Topliss-reactive ketones (excluding diaryl/α,β-unsaturated/α-hetero) is 1. The molecule has 0 aliphatic heterocycles. The zero-order valence-electron chi connectivity index (χ0n) is 12.8. The Kier molecular flexibility index (Phi) is 5.42. The molecule has 0 aromatic heterocycles. The van der Waals surface area contributed by atoms with Crippen LogP contribution < -0.4 is 10.6 Å². The molecule has 0 heterocycles. The number of nitrogens with one attached hydrogen (secondary N) is 2. The van der Waals surface area contributed by atoms with Gasteiger partial charge < -0.3 is 10.6 Å². The van der Waals surface area contributed by atoms with Gasteiger partial charge in [0.1, 0.15) is 17.5 Å². The van der Waals surface area contributed by atoms with E-state index in [0.29, 0.717) is 11.3 Å². The maximum atomic E-state index is 13.5. The van der Waals surface area contributed by atoms with E-state index in [1.807, 2.05) is 0 Å². The van der Waals surface area contributed by atoms with E-state index in [1.54, 1.807) is 36.4 Å². The fourth-order valence-electron chi connectivity index (χ4n) is 1.86. The third kappa shape index (κ3) is 4.27. The number of carbonyl (C=O) groups excluding carboxylic acids is 2. The largest absolute Gasteiger partial charge is 0.358 e. The SMILES string of the molecule is CC(=O)c1ccc(NC(=O)/C(C#N)=C\Nc2ccccc2F)cc1. The first-order valence-corrected chi connectivity index (χ1v) is 7.05. The van der Waals surface area contributed by atoms with E-state index in [4.69, 9.17) is 5.26 Å². The Morgan fingerprint density at radius 2 is 1.79 bits per heavy atom. The summed E-state index contributed by atoms with van der Waals surface area (Å²) in [6.07, 6.45) is 1.14. The summed E-state index contributed by atoms with van der Waals surface area (Å²) in [5.74, 6) is -1.22. The van der Waals surface area contributed by atoms with Crippen LogP contribution in [0.25, 0.3) is 0 Å². The van der Waals surface area contributed by atoms with Crippen LogP contribution >= 0.6 is 0 Å². The molecule has 0 aliphatic carbocycles. The molecule has 0 fully saturated rings. The molecule has 0 saturated heterocycles. The number of nitrogens with zero attached hydrogens (tertiary/aromatic N) is 1. The summed E-state index contributed by atoms with van der Waals surface area (Å²) in [5, 5.41) is 14.2. The van der Waals surface area contributed by atoms with Gasteiger partial charge in [-0.1, -0.05) is 12.1 Å². The normalized spacial score (nSPS) is 10.6. The van der Waals surface area contributed by atoms with Crippen LogP contribution in [0.4, 0.5) is 15.8 Å². The highest BCUT2D eigenvalue weighted by Gasteiger charge is 2.10. The lowest BCUT2D eigenvalue weighted by Gasteiger charge is -2.06. The maximum absolute atomic E-state index is 13.5. The lowest BCUT2D eigenvalue weighted by atomic mass is 10.1. The molecule has 0 radical (unpaired) electrons. The van der Waals surface area contributed by atoms with Gasteiger partial charge >= 0.3 is 0 Å². The van der Waals surface area contributed by atoms with Crippen molar-refractivity contribution in [1.29, 1.82) is 5.26 Å². The van der Waals surface area contributed by atoms with Crippen molar-refractivity contribution in [3.63, 3.8) is 0 Å². The van der Waals surface area contributed by atoms with Gasteiger partial charge in [-0.2, -0.15) is 5.26 Å². The summed E-state index contributed by atoms with van der Waals surface area (Å²) in [7, 11) is 0. The van der Waals surface area contributed by atoms with Gasteiger partial charge in [-0.15, -0.1) is 0 Å². The second-order valence-electron chi connectivity index (χ2n) is 4.88. The van der Waals surface area contributed by atoms with Crippen LogP contribution in [0.3, 0.4) is 0 Å². The number of hydrogen-bond donors (Lipinski definition) is 2. The van der Waals surface area contributed by atoms with Gasteiger partial charge in [0.25, 0.3) is 5.91 Å². The molecule has 0 spiro atoms. The van der Waals surface area contributed by atoms with E-state index in [-0.39, 0.29) is 17.0 Å². The van der Waals surface area contributed by atoms with Gasteiger partial charge in [-0.3, -0.25) is 9.59 Å². The highest BCUT2D eigenvalue weighted by Crippen LogP contribution is 2.14. The standard InChI is InChI=1S/C18H14FN3O2/c1-12(23)13-6-8-15(9-7-13)22-18(24)14(10-20)11-21-17-5-3-2-4-16(17)19/h2-9,11,21H,1H3,(H,22,24)/b14-11-. The van der Waals surface area contributed by atoms with Crippen molar-refractivity contribution in [3.8, 4) is 6.07 Å². The van der Waals surface area contributed by atoms with Crippen molar-refractivity contribution in [2.45, 2.75) is 6.92 Å². The lowest BCUT2D eigenvalue weighted by molar-refractivity contribution is -0.112. The van der Waals surface area contributed by atoms with E-state index in [9.17, 15) is 14.0 Å². The maximum Gasteiger partial charge on any atom is 0.267 e. The molecule has 1 amide bonds. The minimum atomic E-state index is -0.642. The molecule has 2 aromatic carbocycles. The molecule has 6 heteroatoms. The summed E-state index contributed by atoms with van der Waals surface area (Å²) < 4.78 is 13.5. The van der Waals surface area contributed by atoms with Crippen LogP contribution in [0.15, 0.2) is 60.3 Å². The number of hydrogen-bond acceptors (Lipinski definition) is 4. The molecule has 0 bridgehead atoms. The molecule has 0 saturated carbocycles. The van der Waals surface area contributed by atoms with Crippen LogP contribution in [0, 0.1) is 17.1 Å². The third-order valence-corrected chi connectivity index (χ3v) is 3.16. The van der Waals surface area contributed by atoms with Crippen molar-refractivity contribution >= 4 is 23.1 Å². The summed E-state index contributed by atoms with van der Waals surface area (Å²) in [6.45, 7) is 1.44. The lowest BCUT2D eigenvalue weighted by Crippen LogP contribution is -2.14. The van der Waals surface area contributed by atoms with Crippen LogP contribution in [0.2, 0.25) is 0 Å². The van der Waals surface area contributed by atoms with Crippen LogP contribution in [0.1, 0.15) is 17.3 Å². The third-order valence-electron chi connectivity index (χ3n) is 3.16. The summed E-state index contributed by atoms with van der Waals surface area (Å²) in [5.41, 5.74) is 0.903. The van der Waals surface area contributed by atoms with E-state index in [1.165, 1.54) is 25.1 Å². The molecule has 2 N–H and O–H groups in total. The first kappa shape index (κ1) is 16.9. The number of para-hydroxylation sites is 1. The summed E-state index contributed by atoms with van der Waals surface area (Å²) in [4.78, 5) is 23.3. The minimum Gasteiger partial charge on any atom is -0.358 e. The first-order valence-electron chi connectivity index (χ1n) is 7.05. The number of benzene rings is 2. The fraction of sp³-hybridized carbons (Fsp3) is 0.0556. The van der Waals surface area contributed by atoms with Crippen LogP contribution in [-0.4, -0.2) is 11.7 Å². The number of ketones is 1. The zero-order chi connectivity index (χ0) is 17.5. The number of anilines is 2. The fourth-order valence-corrected chi connectivity index (χ4v) is 1.86. The second kappa shape index (κ2) is 7.70. The highest BCUT2D eigenvalue weighted by atomic mass is 19.1. The second-order valence-corrected chi connectivity index (χ2v) is 4.88. The zero-order valence-corrected chi connectivity index (χ0v) is 12.8. The average molecular weight is 323 g/mol. The van der Waals surface area contributed by atoms with E-state index >= 15 is 0 Å². The predicted octanol–water partition coefficient (Wildman–Crippen LogP) is 3.49. The minimum absolute atomic E-state index is 0.0837. The number of nitriles is 1. The van der Waals surface area contributed by atoms with Gasteiger partial charge in [-0.25, -0.2) is 4.39 Å². The van der Waals surface area contributed by atoms with Crippen LogP contribution in [-0.2, 0) is 4.79 Å². The molecule has 2 rings (SSSR count). The number of amides is 1. The molecule has 120 valence electrons. The molecular weight excluding hydrogens is 309 g/mol. The van der Waals surface area contributed by atoms with Crippen molar-refractivity contribution in [3.05, 3.63) is 71.7 Å². The molecule has 0 unspecified atom stereocenters. The smallest absolute Gasteiger partial charge is 0.267 e. The molecule has 2 aromatic rings. The van der Waals surface area contributed by atoms with Gasteiger partial charge in [-0.05, 0) is 43.3 Å². The van der Waals surface area contributed by atoms with E-state index < -0.39 is 11.7 Å². The Bertz CT molecular complexity index is 836. The van der Waals surface area contributed by atoms with Gasteiger partial charge in [0.15, 0.2) is 5.78 Å².